The van der Waals surface area contributed by atoms with E-state index in [4.69, 9.17) is 0 Å². The molecule has 0 aliphatic heterocycles. The summed E-state index contributed by atoms with van der Waals surface area (Å²) in [5, 5.41) is 0. The molecule has 2 aliphatic carbocycles. The Balaban J connectivity index is 2.05. The first-order valence-electron chi connectivity index (χ1n) is 5.55. The Morgan fingerprint density at radius 3 is 1.75 bits per heavy atom. The molecule has 70 valence electrons. The van der Waals surface area contributed by atoms with Crippen molar-refractivity contribution in [2.45, 2.75) is 34.6 Å². The first kappa shape index (κ1) is 8.59. The quantitative estimate of drug-likeness (QED) is 0.560. The first-order valence-corrected chi connectivity index (χ1v) is 5.55. The minimum atomic E-state index is 0.913. The zero-order valence-corrected chi connectivity index (χ0v) is 9.04. The summed E-state index contributed by atoms with van der Waals surface area (Å²) in [5.41, 5.74) is 0. The standard InChI is InChI=1S/C12H22/c1-6(2)10-9(5)11-7(3)8(4)12(10)11/h6-12H,1-5H3. The van der Waals surface area contributed by atoms with Crippen LogP contribution >= 0.6 is 0 Å². The Hall–Kier alpha value is 0. The van der Waals surface area contributed by atoms with Gasteiger partial charge >= 0.3 is 0 Å². The summed E-state index contributed by atoms with van der Waals surface area (Å²) in [6, 6.07) is 0. The summed E-state index contributed by atoms with van der Waals surface area (Å²) in [6.45, 7) is 12.2. The molecule has 0 amide bonds. The molecular formula is C12H22. The Morgan fingerprint density at radius 1 is 0.750 bits per heavy atom. The Morgan fingerprint density at radius 2 is 1.25 bits per heavy atom. The van der Waals surface area contributed by atoms with Crippen LogP contribution < -0.4 is 0 Å². The molecule has 0 heteroatoms. The summed E-state index contributed by atoms with van der Waals surface area (Å²) in [7, 11) is 0. The second-order valence-corrected chi connectivity index (χ2v) is 5.55. The third-order valence-corrected chi connectivity index (χ3v) is 4.92. The van der Waals surface area contributed by atoms with Crippen LogP contribution in [0, 0.1) is 41.4 Å². The van der Waals surface area contributed by atoms with Gasteiger partial charge in [-0.05, 0) is 41.4 Å². The SMILES string of the molecule is CC(C)C1C(C)C2C(C)C(C)C12. The van der Waals surface area contributed by atoms with E-state index >= 15 is 0 Å². The molecule has 0 saturated heterocycles. The average molecular weight is 166 g/mol. The summed E-state index contributed by atoms with van der Waals surface area (Å²) in [5.74, 6) is 7.18. The van der Waals surface area contributed by atoms with Crippen LogP contribution in [0.25, 0.3) is 0 Å². The normalized spacial score (nSPS) is 57.5. The summed E-state index contributed by atoms with van der Waals surface area (Å²) in [6.07, 6.45) is 0. The lowest BCUT2D eigenvalue weighted by molar-refractivity contribution is -0.200. The molecule has 0 radical (unpaired) electrons. The van der Waals surface area contributed by atoms with Crippen LogP contribution in [0.2, 0.25) is 0 Å². The molecule has 0 heterocycles. The fraction of sp³-hybridized carbons (Fsp3) is 1.00. The molecule has 0 aromatic carbocycles. The minimum absolute atomic E-state index is 0.913. The van der Waals surface area contributed by atoms with Crippen molar-refractivity contribution >= 4 is 0 Å². The fourth-order valence-corrected chi connectivity index (χ4v) is 4.21. The predicted molar refractivity (Wildman–Crippen MR) is 52.8 cm³/mol. The highest BCUT2D eigenvalue weighted by atomic mass is 14.7. The maximum Gasteiger partial charge on any atom is -0.0319 e. The van der Waals surface area contributed by atoms with Crippen molar-refractivity contribution in [1.82, 2.24) is 0 Å². The van der Waals surface area contributed by atoms with E-state index in [2.05, 4.69) is 34.6 Å². The van der Waals surface area contributed by atoms with E-state index in [1.54, 1.807) is 0 Å². The van der Waals surface area contributed by atoms with Gasteiger partial charge < -0.3 is 0 Å². The Kier molecular flexibility index (Phi) is 1.79. The van der Waals surface area contributed by atoms with E-state index in [9.17, 15) is 0 Å². The maximum atomic E-state index is 2.47. The van der Waals surface area contributed by atoms with Gasteiger partial charge in [-0.15, -0.1) is 0 Å². The predicted octanol–water partition coefficient (Wildman–Crippen LogP) is 3.43. The van der Waals surface area contributed by atoms with Gasteiger partial charge in [-0.3, -0.25) is 0 Å². The van der Waals surface area contributed by atoms with Crippen LogP contribution in [0.1, 0.15) is 34.6 Å². The fourth-order valence-electron chi connectivity index (χ4n) is 4.21. The van der Waals surface area contributed by atoms with Crippen LogP contribution in [0.4, 0.5) is 0 Å². The second-order valence-electron chi connectivity index (χ2n) is 5.55. The van der Waals surface area contributed by atoms with Crippen LogP contribution in [0.15, 0.2) is 0 Å². The van der Waals surface area contributed by atoms with Crippen LogP contribution in [-0.2, 0) is 0 Å². The van der Waals surface area contributed by atoms with E-state index in [-0.39, 0.29) is 0 Å². The van der Waals surface area contributed by atoms with Crippen molar-refractivity contribution < 1.29 is 0 Å². The summed E-state index contributed by atoms with van der Waals surface area (Å²) < 4.78 is 0. The number of rotatable bonds is 1. The van der Waals surface area contributed by atoms with Gasteiger partial charge in [0.1, 0.15) is 0 Å². The molecule has 0 nitrogen and oxygen atoms in total. The van der Waals surface area contributed by atoms with Crippen molar-refractivity contribution in [2.24, 2.45) is 41.4 Å². The monoisotopic (exact) mass is 166 g/mol. The Labute approximate surface area is 76.7 Å². The van der Waals surface area contributed by atoms with Gasteiger partial charge in [0.2, 0.25) is 0 Å². The molecule has 0 aromatic heterocycles. The molecule has 2 aliphatic rings. The number of fused-ring (bicyclic) bond motifs is 1. The molecule has 2 fully saturated rings. The third kappa shape index (κ3) is 0.791. The molecule has 0 spiro atoms. The van der Waals surface area contributed by atoms with Crippen molar-refractivity contribution in [3.05, 3.63) is 0 Å². The van der Waals surface area contributed by atoms with Gasteiger partial charge in [-0.25, -0.2) is 0 Å². The molecule has 6 unspecified atom stereocenters. The van der Waals surface area contributed by atoms with E-state index in [1.165, 1.54) is 0 Å². The highest BCUT2D eigenvalue weighted by molar-refractivity contribution is 5.08. The number of hydrogen-bond donors (Lipinski definition) is 0. The van der Waals surface area contributed by atoms with Crippen LogP contribution in [-0.4, -0.2) is 0 Å². The highest BCUT2D eigenvalue weighted by Crippen LogP contribution is 2.66. The number of hydrogen-bond acceptors (Lipinski definition) is 0. The van der Waals surface area contributed by atoms with E-state index < -0.39 is 0 Å². The molecule has 0 bridgehead atoms. The first-order chi connectivity index (χ1) is 5.55. The summed E-state index contributed by atoms with van der Waals surface area (Å²) >= 11 is 0. The largest absolute Gasteiger partial charge is 0.0625 e. The van der Waals surface area contributed by atoms with Crippen molar-refractivity contribution in [3.8, 4) is 0 Å². The van der Waals surface area contributed by atoms with E-state index in [0.29, 0.717) is 0 Å². The molecule has 2 rings (SSSR count). The molecule has 2 saturated carbocycles. The lowest BCUT2D eigenvalue weighted by atomic mass is 9.37. The zero-order chi connectivity index (χ0) is 9.04. The molecule has 12 heavy (non-hydrogen) atoms. The van der Waals surface area contributed by atoms with Gasteiger partial charge in [0.25, 0.3) is 0 Å². The van der Waals surface area contributed by atoms with Gasteiger partial charge in [0.05, 0.1) is 0 Å². The van der Waals surface area contributed by atoms with Crippen molar-refractivity contribution in [3.63, 3.8) is 0 Å². The van der Waals surface area contributed by atoms with Gasteiger partial charge in [0.15, 0.2) is 0 Å². The lowest BCUT2D eigenvalue weighted by Gasteiger charge is -2.67. The maximum absolute atomic E-state index is 2.47. The van der Waals surface area contributed by atoms with Crippen LogP contribution in [0.3, 0.4) is 0 Å². The zero-order valence-electron chi connectivity index (χ0n) is 9.04. The lowest BCUT2D eigenvalue weighted by Crippen LogP contribution is -2.63. The average Bonchev–Trinajstić information content (AvgIpc) is 1.98. The third-order valence-electron chi connectivity index (χ3n) is 4.92. The molecule has 0 aromatic rings. The van der Waals surface area contributed by atoms with Crippen molar-refractivity contribution in [1.29, 1.82) is 0 Å². The second kappa shape index (κ2) is 2.49. The summed E-state index contributed by atoms with van der Waals surface area (Å²) in [4.78, 5) is 0. The molecule has 0 N–H and O–H groups in total. The molecule has 6 atom stereocenters. The van der Waals surface area contributed by atoms with E-state index in [1.807, 2.05) is 0 Å². The van der Waals surface area contributed by atoms with Crippen LogP contribution in [0.5, 0.6) is 0 Å². The minimum Gasteiger partial charge on any atom is -0.0625 e. The smallest absolute Gasteiger partial charge is 0.0319 e. The topological polar surface area (TPSA) is 0 Å². The molecular weight excluding hydrogens is 144 g/mol. The van der Waals surface area contributed by atoms with Gasteiger partial charge in [-0.2, -0.15) is 0 Å². The van der Waals surface area contributed by atoms with Gasteiger partial charge in [-0.1, -0.05) is 34.6 Å². The van der Waals surface area contributed by atoms with E-state index in [0.717, 1.165) is 41.4 Å². The van der Waals surface area contributed by atoms with Crippen molar-refractivity contribution in [2.75, 3.05) is 0 Å². The highest BCUT2D eigenvalue weighted by Gasteiger charge is 2.61. The van der Waals surface area contributed by atoms with Gasteiger partial charge in [0, 0.05) is 0 Å². The Bertz CT molecular complexity index is 182.